The Bertz CT molecular complexity index is 1240. The molecule has 0 radical (unpaired) electrons. The van der Waals surface area contributed by atoms with Crippen LogP contribution in [0.4, 0.5) is 28.0 Å². The second-order valence-corrected chi connectivity index (χ2v) is 8.94. The van der Waals surface area contributed by atoms with Crippen molar-refractivity contribution >= 4 is 22.5 Å². The molecule has 9 heteroatoms. The number of hydrogen-bond acceptors (Lipinski definition) is 3. The van der Waals surface area contributed by atoms with E-state index in [1.54, 1.807) is 18.2 Å². The zero-order valence-electron chi connectivity index (χ0n) is 17.8. The second kappa shape index (κ2) is 7.62. The third-order valence-electron chi connectivity index (χ3n) is 6.11. The Morgan fingerprint density at radius 3 is 2.39 bits per heavy atom. The van der Waals surface area contributed by atoms with Gasteiger partial charge in [-0.3, -0.25) is 0 Å². The Balaban J connectivity index is 1.73. The fourth-order valence-electron chi connectivity index (χ4n) is 4.68. The number of nitrogens with one attached hydrogen (secondary N) is 2. The molecule has 2 amide bonds. The van der Waals surface area contributed by atoms with Gasteiger partial charge in [-0.1, -0.05) is 50.2 Å². The molecule has 4 N–H and O–H groups in total. The molecule has 0 saturated carbocycles. The summed E-state index contributed by atoms with van der Waals surface area (Å²) in [5.41, 5.74) is -4.75. The highest BCUT2D eigenvalue weighted by Crippen LogP contribution is 2.55. The molecule has 0 aromatic heterocycles. The molecular formula is C24H22F4N2O3. The van der Waals surface area contributed by atoms with Crippen LogP contribution in [0.5, 0.6) is 5.75 Å². The summed E-state index contributed by atoms with van der Waals surface area (Å²) in [6.07, 6.45) is -6.01. The highest BCUT2D eigenvalue weighted by atomic mass is 19.4. The molecule has 1 aliphatic rings. The molecule has 5 nitrogen and oxygen atoms in total. The van der Waals surface area contributed by atoms with Crippen LogP contribution < -0.4 is 10.6 Å². The van der Waals surface area contributed by atoms with Crippen molar-refractivity contribution < 1.29 is 32.6 Å². The summed E-state index contributed by atoms with van der Waals surface area (Å²) in [7, 11) is 0. The van der Waals surface area contributed by atoms with Gasteiger partial charge in [0.25, 0.3) is 0 Å². The lowest BCUT2D eigenvalue weighted by Gasteiger charge is -2.48. The maximum absolute atomic E-state index is 14.1. The number of hydrogen-bond donors (Lipinski definition) is 4. The topological polar surface area (TPSA) is 81.6 Å². The van der Waals surface area contributed by atoms with Gasteiger partial charge in [-0.05, 0) is 46.4 Å². The molecule has 33 heavy (non-hydrogen) atoms. The largest absolute Gasteiger partial charge is 0.505 e. The van der Waals surface area contributed by atoms with Gasteiger partial charge in [0.15, 0.2) is 17.2 Å². The number of phenolic OH excluding ortho intramolecular Hbond substituents is 1. The standard InChI is InChI=1S/C24H22F4N2O3/c1-22(2)12-23(33,24(26,27)28)20(16-9-10-17(25)19(31)18(16)22)30-21(32)29-15-8-7-13-5-3-4-6-14(13)11-15/h3-11,20,31,33H,12H2,1-2H3,(H2,29,30,32)/t20-,23-/m1/s1. The predicted octanol–water partition coefficient (Wildman–Crippen LogP) is 5.52. The summed E-state index contributed by atoms with van der Waals surface area (Å²) in [5.74, 6) is -1.80. The molecule has 0 spiro atoms. The minimum atomic E-state index is -5.12. The maximum Gasteiger partial charge on any atom is 0.419 e. The van der Waals surface area contributed by atoms with Crippen LogP contribution in [0.1, 0.15) is 37.4 Å². The number of amides is 2. The number of anilines is 1. The van der Waals surface area contributed by atoms with Crippen molar-refractivity contribution in [3.05, 3.63) is 71.5 Å². The predicted molar refractivity (Wildman–Crippen MR) is 116 cm³/mol. The van der Waals surface area contributed by atoms with E-state index < -0.39 is 47.3 Å². The number of fused-ring (bicyclic) bond motifs is 2. The first-order valence-corrected chi connectivity index (χ1v) is 10.2. The number of carbonyl (C=O) groups is 1. The van der Waals surface area contributed by atoms with Gasteiger partial charge >= 0.3 is 12.2 Å². The molecule has 3 aromatic carbocycles. The molecule has 3 aromatic rings. The van der Waals surface area contributed by atoms with Crippen LogP contribution in [0.3, 0.4) is 0 Å². The molecule has 0 bridgehead atoms. The first kappa shape index (κ1) is 22.8. The van der Waals surface area contributed by atoms with Gasteiger partial charge in [-0.2, -0.15) is 13.2 Å². The zero-order valence-corrected chi connectivity index (χ0v) is 17.8. The first-order chi connectivity index (χ1) is 15.3. The first-order valence-electron chi connectivity index (χ1n) is 10.2. The van der Waals surface area contributed by atoms with Crippen LogP contribution in [-0.4, -0.2) is 28.0 Å². The van der Waals surface area contributed by atoms with Crippen LogP contribution in [-0.2, 0) is 5.41 Å². The molecular weight excluding hydrogens is 440 g/mol. The molecule has 0 heterocycles. The van der Waals surface area contributed by atoms with Crippen molar-refractivity contribution in [3.63, 3.8) is 0 Å². The van der Waals surface area contributed by atoms with Gasteiger partial charge in [0.1, 0.15) is 0 Å². The third-order valence-corrected chi connectivity index (χ3v) is 6.11. The summed E-state index contributed by atoms with van der Waals surface area (Å²) < 4.78 is 56.3. The van der Waals surface area contributed by atoms with Crippen molar-refractivity contribution in [3.8, 4) is 5.75 Å². The van der Waals surface area contributed by atoms with E-state index in [1.807, 2.05) is 24.3 Å². The second-order valence-electron chi connectivity index (χ2n) is 8.94. The molecule has 1 aliphatic carbocycles. The Morgan fingerprint density at radius 2 is 1.73 bits per heavy atom. The lowest BCUT2D eigenvalue weighted by Crippen LogP contribution is -2.61. The molecule has 174 valence electrons. The van der Waals surface area contributed by atoms with Gasteiger partial charge in [-0.25, -0.2) is 9.18 Å². The van der Waals surface area contributed by atoms with Crippen LogP contribution in [0.15, 0.2) is 54.6 Å². The minimum absolute atomic E-state index is 0.0903. The molecule has 2 atom stereocenters. The molecule has 0 saturated heterocycles. The van der Waals surface area contributed by atoms with E-state index in [1.165, 1.54) is 13.8 Å². The van der Waals surface area contributed by atoms with Crippen molar-refractivity contribution in [2.45, 2.75) is 43.5 Å². The number of carbonyl (C=O) groups excluding carboxylic acids is 1. The van der Waals surface area contributed by atoms with E-state index in [9.17, 15) is 32.6 Å². The lowest BCUT2D eigenvalue weighted by molar-refractivity contribution is -0.280. The monoisotopic (exact) mass is 462 g/mol. The van der Waals surface area contributed by atoms with Crippen LogP contribution >= 0.6 is 0 Å². The van der Waals surface area contributed by atoms with Crippen LogP contribution in [0.25, 0.3) is 10.8 Å². The quantitative estimate of drug-likeness (QED) is 0.379. The van der Waals surface area contributed by atoms with Crippen LogP contribution in [0, 0.1) is 5.82 Å². The Morgan fingerprint density at radius 1 is 1.06 bits per heavy atom. The van der Waals surface area contributed by atoms with Crippen LogP contribution in [0.2, 0.25) is 0 Å². The van der Waals surface area contributed by atoms with Crippen molar-refractivity contribution in [2.24, 2.45) is 0 Å². The average Bonchev–Trinajstić information content (AvgIpc) is 2.72. The van der Waals surface area contributed by atoms with Gasteiger partial charge in [0, 0.05) is 11.3 Å². The summed E-state index contributed by atoms with van der Waals surface area (Å²) in [5, 5.41) is 27.5. The normalized spacial score (nSPS) is 22.0. The summed E-state index contributed by atoms with van der Waals surface area (Å²) in [6.45, 7) is 2.74. The lowest BCUT2D eigenvalue weighted by atomic mass is 9.63. The van der Waals surface area contributed by atoms with Gasteiger partial charge in [0.2, 0.25) is 0 Å². The van der Waals surface area contributed by atoms with Gasteiger partial charge < -0.3 is 20.8 Å². The average molecular weight is 462 g/mol. The number of aromatic hydroxyl groups is 1. The fourth-order valence-corrected chi connectivity index (χ4v) is 4.68. The smallest absolute Gasteiger partial charge is 0.419 e. The van der Waals surface area contributed by atoms with E-state index in [0.717, 1.165) is 22.9 Å². The number of alkyl halides is 3. The van der Waals surface area contributed by atoms with Crippen molar-refractivity contribution in [1.29, 1.82) is 0 Å². The van der Waals surface area contributed by atoms with E-state index in [0.29, 0.717) is 5.69 Å². The molecule has 0 unspecified atom stereocenters. The van der Waals surface area contributed by atoms with E-state index in [-0.39, 0.29) is 11.1 Å². The SMILES string of the molecule is CC1(C)C[C@](O)(C(F)(F)F)[C@H](NC(=O)Nc2ccc3ccccc3c2)c2ccc(F)c(O)c21. The summed E-state index contributed by atoms with van der Waals surface area (Å²) in [6, 6.07) is 11.2. The van der Waals surface area contributed by atoms with Crippen molar-refractivity contribution in [1.82, 2.24) is 5.32 Å². The Labute approximate surface area is 187 Å². The fraction of sp³-hybridized carbons (Fsp3) is 0.292. The van der Waals surface area contributed by atoms with E-state index in [4.69, 9.17) is 0 Å². The number of phenols is 1. The Kier molecular flexibility index (Phi) is 5.28. The van der Waals surface area contributed by atoms with Gasteiger partial charge in [0.05, 0.1) is 6.04 Å². The third kappa shape index (κ3) is 3.86. The number of benzene rings is 3. The highest BCUT2D eigenvalue weighted by molar-refractivity contribution is 5.93. The number of aliphatic hydroxyl groups is 1. The molecule has 4 rings (SSSR count). The minimum Gasteiger partial charge on any atom is -0.505 e. The number of urea groups is 1. The Hall–Kier alpha value is -3.33. The summed E-state index contributed by atoms with van der Waals surface area (Å²) >= 11 is 0. The summed E-state index contributed by atoms with van der Waals surface area (Å²) in [4.78, 5) is 12.7. The maximum atomic E-state index is 14.1. The molecule has 0 fully saturated rings. The highest BCUT2D eigenvalue weighted by Gasteiger charge is 2.64. The van der Waals surface area contributed by atoms with Crippen molar-refractivity contribution in [2.75, 3.05) is 5.32 Å². The van der Waals surface area contributed by atoms with E-state index >= 15 is 0 Å². The number of rotatable bonds is 2. The molecule has 0 aliphatic heterocycles. The zero-order chi connectivity index (χ0) is 24.2. The van der Waals surface area contributed by atoms with E-state index in [2.05, 4.69) is 10.6 Å². The van der Waals surface area contributed by atoms with Gasteiger partial charge in [-0.15, -0.1) is 0 Å². The number of halogens is 4.